The normalized spacial score (nSPS) is 12.7. The van der Waals surface area contributed by atoms with E-state index in [1.807, 2.05) is 0 Å². The summed E-state index contributed by atoms with van der Waals surface area (Å²) in [5.41, 5.74) is 0.803. The van der Waals surface area contributed by atoms with Gasteiger partial charge >= 0.3 is 0 Å². The number of rotatable bonds is 4. The Labute approximate surface area is 109 Å². The van der Waals surface area contributed by atoms with E-state index in [0.717, 1.165) is 6.07 Å². The van der Waals surface area contributed by atoms with E-state index in [2.05, 4.69) is 20.7 Å². The van der Waals surface area contributed by atoms with Gasteiger partial charge in [-0.25, -0.2) is 8.78 Å². The van der Waals surface area contributed by atoms with E-state index in [9.17, 15) is 8.78 Å². The van der Waals surface area contributed by atoms with Crippen molar-refractivity contribution in [3.8, 4) is 0 Å². The number of tetrazole rings is 1. The average Bonchev–Trinajstić information content (AvgIpc) is 2.77. The molecule has 1 aromatic carbocycles. The topological polar surface area (TPSA) is 55.6 Å². The Balaban J connectivity index is 2.29. The van der Waals surface area contributed by atoms with E-state index in [0.29, 0.717) is 23.4 Å². The summed E-state index contributed by atoms with van der Waals surface area (Å²) in [5, 5.41) is 14.6. The smallest absolute Gasteiger partial charge is 0.176 e. The maximum atomic E-state index is 13.8. The van der Waals surface area contributed by atoms with Crippen LogP contribution in [0.25, 0.3) is 0 Å². The summed E-state index contributed by atoms with van der Waals surface area (Å²) in [6.07, 6.45) is 0.381. The third-order valence-electron chi connectivity index (χ3n) is 2.94. The van der Waals surface area contributed by atoms with E-state index in [4.69, 9.17) is 0 Å². The van der Waals surface area contributed by atoms with Crippen LogP contribution in [0.2, 0.25) is 0 Å². The zero-order valence-corrected chi connectivity index (χ0v) is 11.0. The van der Waals surface area contributed by atoms with Crippen molar-refractivity contribution in [2.24, 2.45) is 7.05 Å². The predicted molar refractivity (Wildman–Crippen MR) is 65.4 cm³/mol. The van der Waals surface area contributed by atoms with Crippen LogP contribution >= 0.6 is 0 Å². The van der Waals surface area contributed by atoms with Crippen LogP contribution in [0.4, 0.5) is 8.78 Å². The highest BCUT2D eigenvalue weighted by molar-refractivity contribution is 5.28. The maximum Gasteiger partial charge on any atom is 0.176 e. The van der Waals surface area contributed by atoms with Crippen LogP contribution in [0.5, 0.6) is 0 Å². The Hall–Kier alpha value is -1.89. The van der Waals surface area contributed by atoms with E-state index in [1.165, 1.54) is 10.9 Å². The van der Waals surface area contributed by atoms with Gasteiger partial charge in [-0.2, -0.15) is 4.80 Å². The quantitative estimate of drug-likeness (QED) is 0.907. The molecule has 1 N–H and O–H groups in total. The van der Waals surface area contributed by atoms with E-state index in [-0.39, 0.29) is 6.04 Å². The first-order valence-corrected chi connectivity index (χ1v) is 5.87. The molecule has 1 atom stereocenters. The molecule has 0 radical (unpaired) electrons. The van der Waals surface area contributed by atoms with Gasteiger partial charge in [0, 0.05) is 24.1 Å². The highest BCUT2D eigenvalue weighted by Gasteiger charge is 2.18. The molecule has 0 aliphatic heterocycles. The Morgan fingerprint density at radius 1 is 1.32 bits per heavy atom. The summed E-state index contributed by atoms with van der Waals surface area (Å²) in [5.74, 6) is -0.622. The number of nitrogens with one attached hydrogen (secondary N) is 1. The highest BCUT2D eigenvalue weighted by atomic mass is 19.1. The van der Waals surface area contributed by atoms with Gasteiger partial charge in [-0.1, -0.05) is 0 Å². The Kier molecular flexibility index (Phi) is 3.84. The number of hydrogen-bond acceptors (Lipinski definition) is 4. The van der Waals surface area contributed by atoms with Crippen molar-refractivity contribution in [3.05, 3.63) is 40.7 Å². The molecule has 0 saturated heterocycles. The summed E-state index contributed by atoms with van der Waals surface area (Å²) in [4.78, 5) is 1.34. The molecule has 1 aromatic heterocycles. The second kappa shape index (κ2) is 5.40. The van der Waals surface area contributed by atoms with Crippen molar-refractivity contribution in [1.29, 1.82) is 0 Å². The van der Waals surface area contributed by atoms with Gasteiger partial charge in [0.25, 0.3) is 0 Å². The molecule has 1 heterocycles. The first kappa shape index (κ1) is 13.5. The zero-order chi connectivity index (χ0) is 14.0. The van der Waals surface area contributed by atoms with Crippen molar-refractivity contribution in [2.75, 3.05) is 7.05 Å². The fourth-order valence-electron chi connectivity index (χ4n) is 1.90. The number of nitrogens with zero attached hydrogens (tertiary/aromatic N) is 4. The van der Waals surface area contributed by atoms with Gasteiger partial charge in [-0.05, 0) is 30.8 Å². The number of likely N-dealkylation sites (N-methyl/N-ethyl adjacent to an activating group) is 1. The highest BCUT2D eigenvalue weighted by Crippen LogP contribution is 2.22. The molecule has 102 valence electrons. The summed E-state index contributed by atoms with van der Waals surface area (Å²) in [6.45, 7) is 1.60. The zero-order valence-electron chi connectivity index (χ0n) is 11.0. The summed E-state index contributed by atoms with van der Waals surface area (Å²) < 4.78 is 27.1. The summed E-state index contributed by atoms with van der Waals surface area (Å²) in [6, 6.07) is 2.07. The van der Waals surface area contributed by atoms with Gasteiger partial charge in [0.2, 0.25) is 0 Å². The van der Waals surface area contributed by atoms with Gasteiger partial charge < -0.3 is 5.32 Å². The molecule has 5 nitrogen and oxygen atoms in total. The molecule has 2 aromatic rings. The lowest BCUT2D eigenvalue weighted by Crippen LogP contribution is -2.21. The molecule has 0 spiro atoms. The molecule has 0 amide bonds. The van der Waals surface area contributed by atoms with Crippen molar-refractivity contribution < 1.29 is 8.78 Å². The Morgan fingerprint density at radius 3 is 2.63 bits per heavy atom. The third-order valence-corrected chi connectivity index (χ3v) is 2.94. The maximum absolute atomic E-state index is 13.8. The molecule has 0 aliphatic rings. The SMILES string of the molecule is CNC(Cc1nnn(C)n1)c1cc(C)c(F)cc1F. The van der Waals surface area contributed by atoms with Crippen molar-refractivity contribution in [3.63, 3.8) is 0 Å². The van der Waals surface area contributed by atoms with Crippen LogP contribution in [0.1, 0.15) is 23.0 Å². The van der Waals surface area contributed by atoms with Gasteiger partial charge in [-0.15, -0.1) is 10.2 Å². The lowest BCUT2D eigenvalue weighted by atomic mass is 10.0. The lowest BCUT2D eigenvalue weighted by molar-refractivity contribution is 0.511. The van der Waals surface area contributed by atoms with Crippen molar-refractivity contribution >= 4 is 0 Å². The minimum absolute atomic E-state index is 0.330. The van der Waals surface area contributed by atoms with Crippen molar-refractivity contribution in [1.82, 2.24) is 25.5 Å². The number of aromatic nitrogens is 4. The van der Waals surface area contributed by atoms with E-state index >= 15 is 0 Å². The third kappa shape index (κ3) is 2.93. The largest absolute Gasteiger partial charge is 0.313 e. The van der Waals surface area contributed by atoms with Crippen LogP contribution in [0.15, 0.2) is 12.1 Å². The average molecular weight is 267 g/mol. The fraction of sp³-hybridized carbons (Fsp3) is 0.417. The number of hydrogen-bond donors (Lipinski definition) is 1. The van der Waals surface area contributed by atoms with Crippen LogP contribution < -0.4 is 5.32 Å². The summed E-state index contributed by atoms with van der Waals surface area (Å²) in [7, 11) is 3.37. The van der Waals surface area contributed by atoms with Crippen LogP contribution in [0.3, 0.4) is 0 Å². The van der Waals surface area contributed by atoms with Crippen LogP contribution in [-0.2, 0) is 13.5 Å². The molecule has 1 unspecified atom stereocenters. The van der Waals surface area contributed by atoms with E-state index < -0.39 is 11.6 Å². The molecule has 0 bridgehead atoms. The molecule has 7 heteroatoms. The number of aryl methyl sites for hydroxylation is 2. The Morgan fingerprint density at radius 2 is 2.05 bits per heavy atom. The lowest BCUT2D eigenvalue weighted by Gasteiger charge is -2.16. The predicted octanol–water partition coefficient (Wildman–Crippen LogP) is 1.30. The standard InChI is InChI=1S/C12H15F2N5/c1-7-4-8(10(14)5-9(7)13)11(15-2)6-12-16-18-19(3)17-12/h4-5,11,15H,6H2,1-3H3. The Bertz CT molecular complexity index is 581. The molecular formula is C12H15F2N5. The second-order valence-electron chi connectivity index (χ2n) is 4.36. The van der Waals surface area contributed by atoms with Crippen LogP contribution in [0, 0.1) is 18.6 Å². The molecule has 2 rings (SSSR count). The number of halogens is 2. The van der Waals surface area contributed by atoms with Crippen molar-refractivity contribution in [2.45, 2.75) is 19.4 Å². The monoisotopic (exact) mass is 267 g/mol. The minimum Gasteiger partial charge on any atom is -0.313 e. The van der Waals surface area contributed by atoms with Gasteiger partial charge in [0.1, 0.15) is 11.6 Å². The molecule has 0 saturated carbocycles. The van der Waals surface area contributed by atoms with Gasteiger partial charge in [0.15, 0.2) is 5.82 Å². The fourth-order valence-corrected chi connectivity index (χ4v) is 1.90. The minimum atomic E-state index is -0.577. The second-order valence-corrected chi connectivity index (χ2v) is 4.36. The first-order valence-electron chi connectivity index (χ1n) is 5.87. The number of benzene rings is 1. The van der Waals surface area contributed by atoms with Crippen LogP contribution in [-0.4, -0.2) is 27.3 Å². The van der Waals surface area contributed by atoms with E-state index in [1.54, 1.807) is 21.0 Å². The molecule has 0 aliphatic carbocycles. The van der Waals surface area contributed by atoms with Gasteiger partial charge in [-0.3, -0.25) is 0 Å². The summed E-state index contributed by atoms with van der Waals surface area (Å²) >= 11 is 0. The van der Waals surface area contributed by atoms with Gasteiger partial charge in [0.05, 0.1) is 7.05 Å². The molecule has 19 heavy (non-hydrogen) atoms. The molecular weight excluding hydrogens is 252 g/mol. The first-order chi connectivity index (χ1) is 9.01. The molecule has 0 fully saturated rings.